The molecule has 0 unspecified atom stereocenters. The van der Waals surface area contributed by atoms with Gasteiger partial charge in [-0.15, -0.1) is 10.2 Å². The smallest absolute Gasteiger partial charge is 0.165 e. The van der Waals surface area contributed by atoms with E-state index in [1.54, 1.807) is 6.07 Å². The van der Waals surface area contributed by atoms with Crippen LogP contribution in [0.3, 0.4) is 0 Å². The van der Waals surface area contributed by atoms with Crippen LogP contribution in [0.25, 0.3) is 11.0 Å². The van der Waals surface area contributed by atoms with Crippen LogP contribution in [0.4, 0.5) is 4.39 Å². The Morgan fingerprint density at radius 3 is 2.45 bits per heavy atom. The van der Waals surface area contributed by atoms with Gasteiger partial charge in [-0.2, -0.15) is 0 Å². The van der Waals surface area contributed by atoms with E-state index in [1.165, 1.54) is 44.2 Å². The number of aromatic nitrogens is 7. The number of fused-ring (bicyclic) bond motifs is 1. The number of halogens is 2. The number of piperidine rings is 1. The van der Waals surface area contributed by atoms with Crippen LogP contribution < -0.4 is 12.4 Å². The number of tetrazole rings is 1. The maximum absolute atomic E-state index is 13.4. The van der Waals surface area contributed by atoms with Crippen molar-refractivity contribution in [3.63, 3.8) is 0 Å². The van der Waals surface area contributed by atoms with Crippen LogP contribution in [0.15, 0.2) is 18.2 Å². The van der Waals surface area contributed by atoms with Crippen molar-refractivity contribution in [3.05, 3.63) is 29.8 Å². The second kappa shape index (κ2) is 8.71. The summed E-state index contributed by atoms with van der Waals surface area (Å²) in [5.41, 5.74) is 1.52. The Morgan fingerprint density at radius 1 is 0.897 bits per heavy atom. The minimum atomic E-state index is -0.273. The molecule has 29 heavy (non-hydrogen) atoms. The zero-order chi connectivity index (χ0) is 18.9. The molecule has 5 rings (SSSR count). The summed E-state index contributed by atoms with van der Waals surface area (Å²) in [5, 5.41) is 20.9. The average molecular weight is 420 g/mol. The third-order valence-corrected chi connectivity index (χ3v) is 6.18. The van der Waals surface area contributed by atoms with Crippen molar-refractivity contribution in [2.45, 2.75) is 63.6 Å². The fraction of sp³-hybridized carbons (Fsp3) is 0.632. The molecule has 156 valence electrons. The molecule has 3 heterocycles. The summed E-state index contributed by atoms with van der Waals surface area (Å²) in [7, 11) is 0. The Morgan fingerprint density at radius 2 is 1.66 bits per heavy atom. The van der Waals surface area contributed by atoms with Crippen molar-refractivity contribution in [3.8, 4) is 0 Å². The maximum Gasteiger partial charge on any atom is 0.165 e. The van der Waals surface area contributed by atoms with E-state index in [-0.39, 0.29) is 18.2 Å². The number of rotatable bonds is 4. The third-order valence-electron chi connectivity index (χ3n) is 6.18. The lowest BCUT2D eigenvalue weighted by Gasteiger charge is -2.32. The molecular formula is C19H25ClFN8-. The zero-order valence-electron chi connectivity index (χ0n) is 16.3. The first-order chi connectivity index (χ1) is 13.8. The van der Waals surface area contributed by atoms with E-state index in [0.29, 0.717) is 17.6 Å². The van der Waals surface area contributed by atoms with Gasteiger partial charge in [0, 0.05) is 19.2 Å². The first-order valence-electron chi connectivity index (χ1n) is 10.3. The van der Waals surface area contributed by atoms with Gasteiger partial charge in [0.2, 0.25) is 0 Å². The molecule has 1 saturated heterocycles. The van der Waals surface area contributed by atoms with Gasteiger partial charge in [0.1, 0.15) is 11.3 Å². The van der Waals surface area contributed by atoms with Gasteiger partial charge >= 0.3 is 0 Å². The third kappa shape index (κ3) is 4.11. The highest BCUT2D eigenvalue weighted by Crippen LogP contribution is 2.29. The highest BCUT2D eigenvalue weighted by molar-refractivity contribution is 5.74. The first-order valence-corrected chi connectivity index (χ1v) is 10.3. The molecule has 1 saturated carbocycles. The molecule has 0 bridgehead atoms. The minimum Gasteiger partial charge on any atom is -1.00 e. The Hall–Kier alpha value is -2.13. The van der Waals surface area contributed by atoms with Crippen LogP contribution in [0.1, 0.15) is 62.9 Å². The van der Waals surface area contributed by atoms with Crippen molar-refractivity contribution in [2.24, 2.45) is 0 Å². The maximum atomic E-state index is 13.4. The molecule has 2 fully saturated rings. The second-order valence-electron chi connectivity index (χ2n) is 8.01. The summed E-state index contributed by atoms with van der Waals surface area (Å²) < 4.78 is 17.4. The molecule has 10 heteroatoms. The van der Waals surface area contributed by atoms with E-state index in [2.05, 4.69) is 35.4 Å². The van der Waals surface area contributed by atoms with Gasteiger partial charge < -0.3 is 12.4 Å². The summed E-state index contributed by atoms with van der Waals surface area (Å²) in [4.78, 5) is 2.42. The van der Waals surface area contributed by atoms with Gasteiger partial charge in [0.05, 0.1) is 24.1 Å². The SMILES string of the molecule is Fc1ccc2c(c1)nnn2C1CCN(Cc2nnnn2C2CCCCC2)CC1.[Cl-]. The predicted octanol–water partition coefficient (Wildman–Crippen LogP) is -0.0968. The monoisotopic (exact) mass is 419 g/mol. The molecule has 0 spiro atoms. The van der Waals surface area contributed by atoms with E-state index in [0.717, 1.165) is 43.8 Å². The number of benzene rings is 1. The van der Waals surface area contributed by atoms with Crippen molar-refractivity contribution >= 4 is 11.0 Å². The normalized spacial score (nSPS) is 19.5. The Bertz CT molecular complexity index is 943. The lowest BCUT2D eigenvalue weighted by atomic mass is 9.95. The number of nitrogens with zero attached hydrogens (tertiary/aromatic N) is 8. The summed E-state index contributed by atoms with van der Waals surface area (Å²) in [6.07, 6.45) is 8.20. The van der Waals surface area contributed by atoms with Crippen LogP contribution in [0, 0.1) is 5.82 Å². The Kier molecular flexibility index (Phi) is 6.05. The second-order valence-corrected chi connectivity index (χ2v) is 8.01. The lowest BCUT2D eigenvalue weighted by molar-refractivity contribution is -0.00000672. The minimum absolute atomic E-state index is 0. The molecular weight excluding hydrogens is 395 g/mol. The summed E-state index contributed by atoms with van der Waals surface area (Å²) in [6, 6.07) is 5.44. The van der Waals surface area contributed by atoms with Gasteiger partial charge in [0.15, 0.2) is 5.82 Å². The molecule has 1 aromatic carbocycles. The van der Waals surface area contributed by atoms with Gasteiger partial charge in [-0.1, -0.05) is 24.5 Å². The largest absolute Gasteiger partial charge is 1.00 e. The van der Waals surface area contributed by atoms with Crippen LogP contribution in [-0.4, -0.2) is 53.2 Å². The predicted molar refractivity (Wildman–Crippen MR) is 101 cm³/mol. The average Bonchev–Trinajstić information content (AvgIpc) is 3.36. The molecule has 0 radical (unpaired) electrons. The zero-order valence-corrected chi connectivity index (χ0v) is 17.0. The van der Waals surface area contributed by atoms with E-state index in [4.69, 9.17) is 0 Å². The van der Waals surface area contributed by atoms with Gasteiger partial charge in [-0.05, 0) is 48.2 Å². The number of hydrogen-bond acceptors (Lipinski definition) is 6. The molecule has 3 aromatic rings. The highest BCUT2D eigenvalue weighted by Gasteiger charge is 2.26. The molecule has 0 atom stereocenters. The Balaban J connectivity index is 0.00000205. The molecule has 1 aliphatic heterocycles. The molecule has 2 aromatic heterocycles. The number of hydrogen-bond donors (Lipinski definition) is 0. The van der Waals surface area contributed by atoms with Crippen molar-refractivity contribution < 1.29 is 16.8 Å². The van der Waals surface area contributed by atoms with E-state index < -0.39 is 0 Å². The van der Waals surface area contributed by atoms with Crippen LogP contribution in [-0.2, 0) is 6.54 Å². The van der Waals surface area contributed by atoms with Gasteiger partial charge in [0.25, 0.3) is 0 Å². The van der Waals surface area contributed by atoms with Crippen LogP contribution >= 0.6 is 0 Å². The summed E-state index contributed by atoms with van der Waals surface area (Å²) in [5.74, 6) is 0.706. The first kappa shape index (κ1) is 20.2. The topological polar surface area (TPSA) is 77.6 Å². The van der Waals surface area contributed by atoms with E-state index in [9.17, 15) is 4.39 Å². The number of likely N-dealkylation sites (tertiary alicyclic amines) is 1. The molecule has 2 aliphatic rings. The van der Waals surface area contributed by atoms with Crippen molar-refractivity contribution in [1.29, 1.82) is 0 Å². The van der Waals surface area contributed by atoms with Gasteiger partial charge in [-0.25, -0.2) is 13.8 Å². The molecule has 0 amide bonds. The molecule has 1 aliphatic carbocycles. The van der Waals surface area contributed by atoms with E-state index >= 15 is 0 Å². The van der Waals surface area contributed by atoms with Gasteiger partial charge in [-0.3, -0.25) is 4.90 Å². The van der Waals surface area contributed by atoms with E-state index in [1.807, 2.05) is 4.68 Å². The fourth-order valence-electron chi connectivity index (χ4n) is 4.63. The quantitative estimate of drug-likeness (QED) is 0.588. The summed E-state index contributed by atoms with van der Waals surface area (Å²) in [6.45, 7) is 2.72. The van der Waals surface area contributed by atoms with Crippen molar-refractivity contribution in [1.82, 2.24) is 40.1 Å². The standard InChI is InChI=1S/C19H25FN8.ClH/c20-14-6-7-18-17(12-14)21-24-27(18)16-8-10-26(11-9-16)13-19-22-23-25-28(19)15-4-2-1-3-5-15;/h6-7,12,15-16H,1-5,8-11,13H2;1H/p-1. The van der Waals surface area contributed by atoms with Crippen LogP contribution in [0.5, 0.6) is 0 Å². The van der Waals surface area contributed by atoms with Crippen molar-refractivity contribution in [2.75, 3.05) is 13.1 Å². The Labute approximate surface area is 174 Å². The molecule has 0 N–H and O–H groups in total. The summed E-state index contributed by atoms with van der Waals surface area (Å²) >= 11 is 0. The fourth-order valence-corrected chi connectivity index (χ4v) is 4.63. The highest BCUT2D eigenvalue weighted by atomic mass is 35.5. The molecule has 8 nitrogen and oxygen atoms in total. The lowest BCUT2D eigenvalue weighted by Crippen LogP contribution is -3.00. The van der Waals surface area contributed by atoms with Crippen LogP contribution in [0.2, 0.25) is 0 Å².